The summed E-state index contributed by atoms with van der Waals surface area (Å²) in [5.41, 5.74) is 1.58. The lowest BCUT2D eigenvalue weighted by Gasteiger charge is -2.13. The Bertz CT molecular complexity index is 1170. The maximum atomic E-state index is 12.9. The predicted molar refractivity (Wildman–Crippen MR) is 125 cm³/mol. The van der Waals surface area contributed by atoms with Gasteiger partial charge in [0.1, 0.15) is 0 Å². The molecule has 8 nitrogen and oxygen atoms in total. The fraction of sp³-hybridized carbons (Fsp3) is 0.217. The quantitative estimate of drug-likeness (QED) is 0.362. The van der Waals surface area contributed by atoms with E-state index in [1.54, 1.807) is 49.4 Å². The fourth-order valence-corrected chi connectivity index (χ4v) is 4.25. The third-order valence-electron chi connectivity index (χ3n) is 4.56. The van der Waals surface area contributed by atoms with Gasteiger partial charge < -0.3 is 14.2 Å². The van der Waals surface area contributed by atoms with Crippen molar-refractivity contribution in [3.63, 3.8) is 0 Å². The molecule has 0 aliphatic carbocycles. The van der Waals surface area contributed by atoms with Gasteiger partial charge in [-0.25, -0.2) is 4.79 Å². The molecule has 2 aromatic rings. The normalized spacial score (nSPS) is 14.4. The van der Waals surface area contributed by atoms with Crippen LogP contribution >= 0.6 is 27.7 Å². The van der Waals surface area contributed by atoms with Crippen molar-refractivity contribution in [2.24, 2.45) is 0 Å². The van der Waals surface area contributed by atoms with Crippen LogP contribution in [0.5, 0.6) is 11.5 Å². The smallest absolute Gasteiger partial charge is 0.344 e. The number of rotatable bonds is 8. The second-order valence-corrected chi connectivity index (χ2v) is 8.50. The van der Waals surface area contributed by atoms with Gasteiger partial charge in [-0.3, -0.25) is 14.5 Å². The lowest BCUT2D eigenvalue weighted by atomic mass is 10.1. The van der Waals surface area contributed by atoms with Crippen LogP contribution in [-0.4, -0.2) is 42.3 Å². The van der Waals surface area contributed by atoms with E-state index in [0.29, 0.717) is 32.7 Å². The Balaban J connectivity index is 1.82. The highest BCUT2D eigenvalue weighted by molar-refractivity contribution is 9.10. The number of hydrogen-bond acceptors (Lipinski definition) is 8. The van der Waals surface area contributed by atoms with Crippen molar-refractivity contribution in [3.8, 4) is 17.6 Å². The minimum Gasteiger partial charge on any atom is -0.493 e. The van der Waals surface area contributed by atoms with Gasteiger partial charge in [0, 0.05) is 4.47 Å². The molecule has 0 radical (unpaired) electrons. The van der Waals surface area contributed by atoms with Crippen LogP contribution in [0.4, 0.5) is 4.79 Å². The first-order valence-electron chi connectivity index (χ1n) is 9.77. The number of halogens is 1. The number of imide groups is 1. The number of hydrogen-bond donors (Lipinski definition) is 0. The van der Waals surface area contributed by atoms with Crippen LogP contribution < -0.4 is 9.47 Å². The molecule has 0 saturated carbocycles. The first-order chi connectivity index (χ1) is 15.9. The molecule has 2 amide bonds. The molecule has 1 heterocycles. The van der Waals surface area contributed by atoms with Crippen molar-refractivity contribution in [1.82, 2.24) is 4.90 Å². The fourth-order valence-electron chi connectivity index (χ4n) is 2.99. The van der Waals surface area contributed by atoms with Gasteiger partial charge in [0.2, 0.25) is 0 Å². The van der Waals surface area contributed by atoms with Crippen LogP contribution in [0.15, 0.2) is 45.8 Å². The van der Waals surface area contributed by atoms with Crippen LogP contribution in [0.2, 0.25) is 0 Å². The SMILES string of the molecule is CCOC(=O)COc1cc(Br)c(/C=C2/SC(=O)N(Cc3ccccc3C#N)C2=O)cc1OC. The molecule has 170 valence electrons. The van der Waals surface area contributed by atoms with E-state index in [-0.39, 0.29) is 24.7 Å². The second kappa shape index (κ2) is 11.0. The van der Waals surface area contributed by atoms with Gasteiger partial charge >= 0.3 is 5.97 Å². The number of benzene rings is 2. The van der Waals surface area contributed by atoms with Crippen molar-refractivity contribution >= 4 is 50.9 Å². The molecule has 2 aromatic carbocycles. The van der Waals surface area contributed by atoms with Crippen LogP contribution in [0.3, 0.4) is 0 Å². The molecule has 0 spiro atoms. The number of thioether (sulfide) groups is 1. The third-order valence-corrected chi connectivity index (χ3v) is 6.15. The van der Waals surface area contributed by atoms with Gasteiger partial charge in [-0.05, 0) is 54.1 Å². The van der Waals surface area contributed by atoms with E-state index in [1.807, 2.05) is 0 Å². The van der Waals surface area contributed by atoms with Crippen molar-refractivity contribution in [1.29, 1.82) is 5.26 Å². The zero-order valence-electron chi connectivity index (χ0n) is 17.8. The number of carbonyl (C=O) groups excluding carboxylic acids is 3. The highest BCUT2D eigenvalue weighted by Gasteiger charge is 2.35. The van der Waals surface area contributed by atoms with Crippen LogP contribution in [0.25, 0.3) is 6.08 Å². The Morgan fingerprint density at radius 2 is 2.00 bits per heavy atom. The number of esters is 1. The standard InChI is InChI=1S/C23H19BrN2O6S/c1-3-31-21(27)13-32-19-10-17(24)16(8-18(19)30-2)9-20-22(28)26(23(29)33-20)12-15-7-5-4-6-14(15)11-25/h4-10H,3,12-13H2,1-2H3/b20-9+. The van der Waals surface area contributed by atoms with Crippen molar-refractivity contribution in [2.45, 2.75) is 13.5 Å². The summed E-state index contributed by atoms with van der Waals surface area (Å²) in [6, 6.07) is 12.1. The van der Waals surface area contributed by atoms with E-state index in [2.05, 4.69) is 22.0 Å². The van der Waals surface area contributed by atoms with E-state index < -0.39 is 17.1 Å². The Morgan fingerprint density at radius 3 is 2.70 bits per heavy atom. The topological polar surface area (TPSA) is 106 Å². The van der Waals surface area contributed by atoms with Crippen LogP contribution in [0.1, 0.15) is 23.6 Å². The summed E-state index contributed by atoms with van der Waals surface area (Å²) >= 11 is 4.24. The highest BCUT2D eigenvalue weighted by Crippen LogP contribution is 2.38. The van der Waals surface area contributed by atoms with Crippen molar-refractivity contribution in [2.75, 3.05) is 20.3 Å². The van der Waals surface area contributed by atoms with Gasteiger partial charge in [-0.15, -0.1) is 0 Å². The average molecular weight is 531 g/mol. The van der Waals surface area contributed by atoms with E-state index in [0.717, 1.165) is 16.7 Å². The number of ether oxygens (including phenoxy) is 3. The molecule has 3 rings (SSSR count). The second-order valence-electron chi connectivity index (χ2n) is 6.66. The zero-order chi connectivity index (χ0) is 24.0. The monoisotopic (exact) mass is 530 g/mol. The highest BCUT2D eigenvalue weighted by atomic mass is 79.9. The van der Waals surface area contributed by atoms with Crippen molar-refractivity contribution < 1.29 is 28.6 Å². The molecule has 33 heavy (non-hydrogen) atoms. The zero-order valence-corrected chi connectivity index (χ0v) is 20.2. The minimum absolute atomic E-state index is 0.0108. The summed E-state index contributed by atoms with van der Waals surface area (Å²) in [5.74, 6) is -0.302. The molecule has 1 saturated heterocycles. The number of nitriles is 1. The largest absolute Gasteiger partial charge is 0.493 e. The first kappa shape index (κ1) is 24.4. The summed E-state index contributed by atoms with van der Waals surface area (Å²) in [4.78, 5) is 38.3. The Labute approximate surface area is 203 Å². The first-order valence-corrected chi connectivity index (χ1v) is 11.4. The van der Waals surface area contributed by atoms with Crippen LogP contribution in [0, 0.1) is 11.3 Å². The van der Waals surface area contributed by atoms with Gasteiger partial charge in [-0.1, -0.05) is 34.1 Å². The summed E-state index contributed by atoms with van der Waals surface area (Å²) < 4.78 is 16.2. The van der Waals surface area contributed by atoms with E-state index in [4.69, 9.17) is 14.2 Å². The maximum Gasteiger partial charge on any atom is 0.344 e. The molecule has 0 aromatic heterocycles. The lowest BCUT2D eigenvalue weighted by Crippen LogP contribution is -2.27. The molecule has 10 heteroatoms. The Kier molecular flexibility index (Phi) is 8.14. The molecule has 0 bridgehead atoms. The number of nitrogens with zero attached hydrogens (tertiary/aromatic N) is 2. The number of amides is 2. The summed E-state index contributed by atoms with van der Waals surface area (Å²) in [6.07, 6.45) is 1.57. The number of methoxy groups -OCH3 is 1. The minimum atomic E-state index is -0.508. The molecule has 0 atom stereocenters. The summed E-state index contributed by atoms with van der Waals surface area (Å²) in [5, 5.41) is 8.84. The molecule has 0 unspecified atom stereocenters. The molecule has 1 aliphatic rings. The summed E-state index contributed by atoms with van der Waals surface area (Å²) in [7, 11) is 1.45. The Hall–Kier alpha value is -3.29. The van der Waals surface area contributed by atoms with E-state index >= 15 is 0 Å². The maximum absolute atomic E-state index is 12.9. The van der Waals surface area contributed by atoms with Crippen LogP contribution in [-0.2, 0) is 20.9 Å². The van der Waals surface area contributed by atoms with E-state index in [9.17, 15) is 19.6 Å². The van der Waals surface area contributed by atoms with Gasteiger partial charge in [0.15, 0.2) is 18.1 Å². The van der Waals surface area contributed by atoms with E-state index in [1.165, 1.54) is 7.11 Å². The third kappa shape index (κ3) is 5.74. The summed E-state index contributed by atoms with van der Waals surface area (Å²) in [6.45, 7) is 1.68. The predicted octanol–water partition coefficient (Wildman–Crippen LogP) is 4.51. The average Bonchev–Trinajstić information content (AvgIpc) is 3.07. The van der Waals surface area contributed by atoms with Gasteiger partial charge in [0.25, 0.3) is 11.1 Å². The molecule has 0 N–H and O–H groups in total. The molecule has 1 fully saturated rings. The molecular formula is C23H19BrN2O6S. The Morgan fingerprint density at radius 1 is 1.24 bits per heavy atom. The molecule has 1 aliphatic heterocycles. The molecular weight excluding hydrogens is 512 g/mol. The lowest BCUT2D eigenvalue weighted by molar-refractivity contribution is -0.145. The van der Waals surface area contributed by atoms with Gasteiger partial charge in [0.05, 0.1) is 36.8 Å². The number of carbonyl (C=O) groups is 3. The van der Waals surface area contributed by atoms with Gasteiger partial charge in [-0.2, -0.15) is 5.26 Å². The van der Waals surface area contributed by atoms with Crippen molar-refractivity contribution in [3.05, 3.63) is 62.5 Å².